The molecule has 0 atom stereocenters. The highest BCUT2D eigenvalue weighted by molar-refractivity contribution is 5.71. The number of methoxy groups -OCH3 is 2. The van der Waals surface area contributed by atoms with Gasteiger partial charge in [0.2, 0.25) is 5.95 Å². The van der Waals surface area contributed by atoms with Crippen LogP contribution in [0.5, 0.6) is 11.5 Å². The molecule has 0 saturated heterocycles. The minimum absolute atomic E-state index is 0.295. The molecule has 0 unspecified atom stereocenters. The summed E-state index contributed by atoms with van der Waals surface area (Å²) >= 11 is 0. The number of aromatic nitrogens is 4. The summed E-state index contributed by atoms with van der Waals surface area (Å²) in [6.07, 6.45) is 3.53. The maximum Gasteiger partial charge on any atom is 0.225 e. The monoisotopic (exact) mass is 327 g/mol. The summed E-state index contributed by atoms with van der Waals surface area (Å²) in [5, 5.41) is 3.24. The predicted molar refractivity (Wildman–Crippen MR) is 92.6 cm³/mol. The third-order valence-corrected chi connectivity index (χ3v) is 3.77. The quantitative estimate of drug-likeness (QED) is 0.750. The van der Waals surface area contributed by atoms with E-state index in [-0.39, 0.29) is 0 Å². The second-order valence-corrected chi connectivity index (χ2v) is 5.69. The van der Waals surface area contributed by atoms with Crippen LogP contribution in [0.2, 0.25) is 0 Å². The first kappa shape index (κ1) is 16.0. The molecular formula is C17H21N5O2. The number of nitrogens with one attached hydrogen (secondary N) is 1. The van der Waals surface area contributed by atoms with E-state index in [0.717, 1.165) is 16.7 Å². The van der Waals surface area contributed by atoms with Crippen molar-refractivity contribution in [1.82, 2.24) is 19.5 Å². The first-order chi connectivity index (χ1) is 11.6. The van der Waals surface area contributed by atoms with Gasteiger partial charge in [-0.1, -0.05) is 6.07 Å². The molecule has 0 amide bonds. The van der Waals surface area contributed by atoms with Crippen molar-refractivity contribution < 1.29 is 9.47 Å². The Morgan fingerprint density at radius 1 is 1.12 bits per heavy atom. The van der Waals surface area contributed by atoms with Gasteiger partial charge in [0.1, 0.15) is 5.52 Å². The van der Waals surface area contributed by atoms with Gasteiger partial charge < -0.3 is 19.4 Å². The molecule has 0 spiro atoms. The number of nitrogens with zero attached hydrogens (tertiary/aromatic N) is 4. The molecule has 0 aliphatic heterocycles. The average molecular weight is 327 g/mol. The summed E-state index contributed by atoms with van der Waals surface area (Å²) in [4.78, 5) is 13.2. The molecule has 0 saturated carbocycles. The normalized spacial score (nSPS) is 11.0. The third-order valence-electron chi connectivity index (χ3n) is 3.77. The minimum Gasteiger partial charge on any atom is -0.493 e. The second-order valence-electron chi connectivity index (χ2n) is 5.69. The van der Waals surface area contributed by atoms with E-state index in [0.29, 0.717) is 30.0 Å². The average Bonchev–Trinajstić information content (AvgIpc) is 3.03. The standard InChI is InChI=1S/C17H21N5O2/c1-11(2)22-10-20-13-9-19-17(21-16(13)22)18-8-12-5-6-14(23-3)15(7-12)24-4/h5-7,9-11H,8H2,1-4H3,(H,18,19,21). The molecule has 126 valence electrons. The van der Waals surface area contributed by atoms with E-state index in [2.05, 4.69) is 34.1 Å². The van der Waals surface area contributed by atoms with E-state index in [1.807, 2.05) is 22.8 Å². The number of imidazole rings is 1. The molecule has 2 heterocycles. The molecule has 1 aromatic carbocycles. The van der Waals surface area contributed by atoms with Crippen molar-refractivity contribution in [3.05, 3.63) is 36.3 Å². The largest absolute Gasteiger partial charge is 0.493 e. The maximum atomic E-state index is 5.32. The Balaban J connectivity index is 1.79. The second kappa shape index (κ2) is 6.74. The fourth-order valence-corrected chi connectivity index (χ4v) is 2.46. The first-order valence-electron chi connectivity index (χ1n) is 7.76. The van der Waals surface area contributed by atoms with E-state index < -0.39 is 0 Å². The van der Waals surface area contributed by atoms with Crippen LogP contribution in [0, 0.1) is 0 Å². The highest BCUT2D eigenvalue weighted by Gasteiger charge is 2.09. The van der Waals surface area contributed by atoms with Gasteiger partial charge in [-0.25, -0.2) is 9.97 Å². The third kappa shape index (κ3) is 3.10. The molecule has 0 aliphatic carbocycles. The van der Waals surface area contributed by atoms with E-state index in [4.69, 9.17) is 9.47 Å². The molecule has 7 heteroatoms. The van der Waals surface area contributed by atoms with E-state index >= 15 is 0 Å². The molecule has 7 nitrogen and oxygen atoms in total. The van der Waals surface area contributed by atoms with Crippen molar-refractivity contribution >= 4 is 17.1 Å². The Morgan fingerprint density at radius 3 is 2.62 bits per heavy atom. The summed E-state index contributed by atoms with van der Waals surface area (Å²) in [5.41, 5.74) is 2.67. The molecule has 0 bridgehead atoms. The summed E-state index contributed by atoms with van der Waals surface area (Å²) in [7, 11) is 3.25. The first-order valence-corrected chi connectivity index (χ1v) is 7.76. The Labute approximate surface area is 140 Å². The lowest BCUT2D eigenvalue weighted by Crippen LogP contribution is -2.06. The van der Waals surface area contributed by atoms with Crippen LogP contribution in [0.25, 0.3) is 11.2 Å². The van der Waals surface area contributed by atoms with Gasteiger partial charge in [-0.2, -0.15) is 4.98 Å². The molecule has 2 aromatic heterocycles. The number of anilines is 1. The Hall–Kier alpha value is -2.83. The zero-order chi connectivity index (χ0) is 17.1. The fraction of sp³-hybridized carbons (Fsp3) is 0.353. The molecule has 1 N–H and O–H groups in total. The number of fused-ring (bicyclic) bond motifs is 1. The van der Waals surface area contributed by atoms with Crippen LogP contribution in [-0.2, 0) is 6.54 Å². The summed E-state index contributed by atoms with van der Waals surface area (Å²) in [6.45, 7) is 4.78. The summed E-state index contributed by atoms with van der Waals surface area (Å²) in [6, 6.07) is 6.09. The van der Waals surface area contributed by atoms with Crippen molar-refractivity contribution in [3.8, 4) is 11.5 Å². The zero-order valence-corrected chi connectivity index (χ0v) is 14.3. The van der Waals surface area contributed by atoms with Crippen LogP contribution in [0.4, 0.5) is 5.95 Å². The van der Waals surface area contributed by atoms with Crippen LogP contribution < -0.4 is 14.8 Å². The predicted octanol–water partition coefficient (Wildman–Crippen LogP) is 3.04. The van der Waals surface area contributed by atoms with Gasteiger partial charge in [0.05, 0.1) is 26.7 Å². The number of hydrogen-bond acceptors (Lipinski definition) is 6. The van der Waals surface area contributed by atoms with Crippen LogP contribution >= 0.6 is 0 Å². The van der Waals surface area contributed by atoms with E-state index in [9.17, 15) is 0 Å². The zero-order valence-electron chi connectivity index (χ0n) is 14.3. The van der Waals surface area contributed by atoms with Gasteiger partial charge >= 0.3 is 0 Å². The Bertz CT molecular complexity index is 844. The maximum absolute atomic E-state index is 5.32. The molecule has 24 heavy (non-hydrogen) atoms. The van der Waals surface area contributed by atoms with Crippen molar-refractivity contribution in [2.75, 3.05) is 19.5 Å². The van der Waals surface area contributed by atoms with Crippen LogP contribution in [0.15, 0.2) is 30.7 Å². The summed E-state index contributed by atoms with van der Waals surface area (Å²) in [5.74, 6) is 1.98. The molecule has 3 rings (SSSR count). The van der Waals surface area contributed by atoms with Gasteiger partial charge in [-0.3, -0.25) is 0 Å². The SMILES string of the molecule is COc1ccc(CNc2ncc3ncn(C(C)C)c3n2)cc1OC. The van der Waals surface area contributed by atoms with Crippen LogP contribution in [0.3, 0.4) is 0 Å². The molecule has 0 fully saturated rings. The number of rotatable bonds is 6. The fourth-order valence-electron chi connectivity index (χ4n) is 2.46. The highest BCUT2D eigenvalue weighted by Crippen LogP contribution is 2.27. The van der Waals surface area contributed by atoms with Gasteiger partial charge in [-0.15, -0.1) is 0 Å². The summed E-state index contributed by atoms with van der Waals surface area (Å²) < 4.78 is 12.6. The molecular weight excluding hydrogens is 306 g/mol. The van der Waals surface area contributed by atoms with Crippen LogP contribution in [-0.4, -0.2) is 33.7 Å². The Morgan fingerprint density at radius 2 is 1.92 bits per heavy atom. The van der Waals surface area contributed by atoms with Gasteiger partial charge in [0.25, 0.3) is 0 Å². The van der Waals surface area contributed by atoms with Crippen molar-refractivity contribution in [1.29, 1.82) is 0 Å². The number of benzene rings is 1. The molecule has 0 aliphatic rings. The number of ether oxygens (including phenoxy) is 2. The van der Waals surface area contributed by atoms with Crippen LogP contribution in [0.1, 0.15) is 25.5 Å². The molecule has 0 radical (unpaired) electrons. The van der Waals surface area contributed by atoms with E-state index in [1.165, 1.54) is 0 Å². The Kier molecular flexibility index (Phi) is 4.50. The molecule has 3 aromatic rings. The van der Waals surface area contributed by atoms with Gasteiger partial charge in [0, 0.05) is 12.6 Å². The van der Waals surface area contributed by atoms with Crippen molar-refractivity contribution in [2.24, 2.45) is 0 Å². The van der Waals surface area contributed by atoms with Gasteiger partial charge in [0.15, 0.2) is 17.1 Å². The highest BCUT2D eigenvalue weighted by atomic mass is 16.5. The van der Waals surface area contributed by atoms with Crippen molar-refractivity contribution in [3.63, 3.8) is 0 Å². The lowest BCUT2D eigenvalue weighted by molar-refractivity contribution is 0.354. The lowest BCUT2D eigenvalue weighted by Gasteiger charge is -2.11. The lowest BCUT2D eigenvalue weighted by atomic mass is 10.2. The number of hydrogen-bond donors (Lipinski definition) is 1. The van der Waals surface area contributed by atoms with Gasteiger partial charge in [-0.05, 0) is 31.5 Å². The van der Waals surface area contributed by atoms with E-state index in [1.54, 1.807) is 26.7 Å². The smallest absolute Gasteiger partial charge is 0.225 e. The minimum atomic E-state index is 0.295. The topological polar surface area (TPSA) is 74.1 Å². The van der Waals surface area contributed by atoms with Crippen molar-refractivity contribution in [2.45, 2.75) is 26.4 Å².